The molecule has 1 nitrogen and oxygen atoms in total. The molecule has 1 unspecified atom stereocenters. The second-order valence-electron chi connectivity index (χ2n) is 3.87. The summed E-state index contributed by atoms with van der Waals surface area (Å²) in [5.41, 5.74) is 2.38. The van der Waals surface area contributed by atoms with Crippen LogP contribution in [0.15, 0.2) is 19.0 Å². The van der Waals surface area contributed by atoms with Crippen molar-refractivity contribution >= 4 is 66.1 Å². The summed E-state index contributed by atoms with van der Waals surface area (Å²) in [4.78, 5) is 1.18. The summed E-state index contributed by atoms with van der Waals surface area (Å²) in [6.45, 7) is 5.05. The Hall–Kier alpha value is 0.610. The third-order valence-electron chi connectivity index (χ3n) is 2.59. The van der Waals surface area contributed by atoms with E-state index in [9.17, 15) is 0 Å². The predicted octanol–water partition coefficient (Wildman–Crippen LogP) is 6.00. The summed E-state index contributed by atoms with van der Waals surface area (Å²) in [5, 5.41) is 6.49. The number of hydrogen-bond acceptors (Lipinski definition) is 3. The van der Waals surface area contributed by atoms with Gasteiger partial charge in [-0.15, -0.1) is 22.7 Å². The molecule has 0 aromatic carbocycles. The molecule has 0 amide bonds. The molecule has 0 aliphatic carbocycles. The minimum absolute atomic E-state index is 0.151. The van der Waals surface area contributed by atoms with Crippen molar-refractivity contribution in [1.29, 1.82) is 0 Å². The average Bonchev–Trinajstić information content (AvgIpc) is 2.81. The van der Waals surface area contributed by atoms with Gasteiger partial charge in [0.05, 0.1) is 18.6 Å². The van der Waals surface area contributed by atoms with Crippen molar-refractivity contribution < 1.29 is 0 Å². The number of thiophene rings is 2. The highest BCUT2D eigenvalue weighted by Gasteiger charge is 2.22. The first kappa shape index (κ1) is 15.0. The fourth-order valence-electron chi connectivity index (χ4n) is 1.74. The molecule has 2 aromatic heterocycles. The highest BCUT2D eigenvalue weighted by Crippen LogP contribution is 2.42. The average molecular weight is 430 g/mol. The van der Waals surface area contributed by atoms with Crippen LogP contribution in [0.4, 0.5) is 0 Å². The Morgan fingerprint density at radius 2 is 2.17 bits per heavy atom. The number of halogens is 3. The maximum atomic E-state index is 6.40. The van der Waals surface area contributed by atoms with Gasteiger partial charge in [-0.2, -0.15) is 0 Å². The summed E-state index contributed by atoms with van der Waals surface area (Å²) in [6, 6.07) is 2.30. The van der Waals surface area contributed by atoms with E-state index in [2.05, 4.69) is 55.5 Å². The van der Waals surface area contributed by atoms with Gasteiger partial charge in [0.15, 0.2) is 0 Å². The molecule has 0 aliphatic rings. The largest absolute Gasteiger partial charge is 0.306 e. The molecule has 0 aliphatic heterocycles. The first-order valence-corrected chi connectivity index (χ1v) is 9.12. The Balaban J connectivity index is 2.46. The second-order valence-corrected chi connectivity index (χ2v) is 8.91. The molecule has 2 aromatic rings. The van der Waals surface area contributed by atoms with Crippen molar-refractivity contribution in [2.75, 3.05) is 6.54 Å². The van der Waals surface area contributed by atoms with E-state index < -0.39 is 0 Å². The smallest absolute Gasteiger partial charge is 0.0762 e. The fraction of sp³-hybridized carbons (Fsp3) is 0.333. The van der Waals surface area contributed by atoms with E-state index in [0.29, 0.717) is 0 Å². The van der Waals surface area contributed by atoms with Crippen molar-refractivity contribution in [3.8, 4) is 0 Å². The summed E-state index contributed by atoms with van der Waals surface area (Å²) < 4.78 is 2.26. The van der Waals surface area contributed by atoms with Crippen LogP contribution in [0.1, 0.15) is 29.0 Å². The molecule has 2 heterocycles. The van der Waals surface area contributed by atoms with Crippen LogP contribution in [0, 0.1) is 6.92 Å². The molecule has 0 spiro atoms. The van der Waals surface area contributed by atoms with E-state index in [1.54, 1.807) is 22.7 Å². The topological polar surface area (TPSA) is 12.0 Å². The Kier molecular flexibility index (Phi) is 5.31. The minimum Gasteiger partial charge on any atom is -0.306 e. The molecule has 6 heteroatoms. The molecule has 2 rings (SSSR count). The Bertz CT molecular complexity index is 548. The van der Waals surface area contributed by atoms with Gasteiger partial charge in [-0.25, -0.2) is 0 Å². The summed E-state index contributed by atoms with van der Waals surface area (Å²) in [5.74, 6) is 0. The van der Waals surface area contributed by atoms with Crippen molar-refractivity contribution in [3.63, 3.8) is 0 Å². The van der Waals surface area contributed by atoms with E-state index in [-0.39, 0.29) is 6.04 Å². The van der Waals surface area contributed by atoms with Crippen molar-refractivity contribution in [2.45, 2.75) is 19.9 Å². The molecular formula is C12H12Br2ClNS2. The van der Waals surface area contributed by atoms with Crippen LogP contribution in [0.2, 0.25) is 5.02 Å². The van der Waals surface area contributed by atoms with Gasteiger partial charge >= 0.3 is 0 Å². The number of hydrogen-bond donors (Lipinski definition) is 1. The van der Waals surface area contributed by atoms with Crippen LogP contribution in [0.3, 0.4) is 0 Å². The quantitative estimate of drug-likeness (QED) is 0.629. The van der Waals surface area contributed by atoms with Gasteiger partial charge < -0.3 is 5.32 Å². The van der Waals surface area contributed by atoms with Crippen molar-refractivity contribution in [3.05, 3.63) is 40.0 Å². The second kappa shape index (κ2) is 6.37. The zero-order valence-electron chi connectivity index (χ0n) is 9.89. The molecule has 0 saturated heterocycles. The maximum Gasteiger partial charge on any atom is 0.0762 e. The SMILES string of the molecule is CCNC(c1cc(Br)sc1Br)c1scc(C)c1Cl. The lowest BCUT2D eigenvalue weighted by Gasteiger charge is -2.17. The van der Waals surface area contributed by atoms with Gasteiger partial charge in [0, 0.05) is 10.4 Å². The standard InChI is InChI=1S/C12H12Br2ClNS2/c1-3-16-10(7-4-8(13)18-12(7)14)11-9(15)6(2)5-17-11/h4-5,10,16H,3H2,1-2H3. The summed E-state index contributed by atoms with van der Waals surface area (Å²) >= 11 is 16.9. The van der Waals surface area contributed by atoms with E-state index >= 15 is 0 Å². The van der Waals surface area contributed by atoms with Crippen LogP contribution < -0.4 is 5.32 Å². The first-order chi connectivity index (χ1) is 8.54. The molecule has 1 atom stereocenters. The molecule has 0 bridgehead atoms. The molecular weight excluding hydrogens is 418 g/mol. The van der Waals surface area contributed by atoms with Gasteiger partial charge in [0.2, 0.25) is 0 Å². The lowest BCUT2D eigenvalue weighted by molar-refractivity contribution is 0.639. The van der Waals surface area contributed by atoms with Gasteiger partial charge in [-0.1, -0.05) is 18.5 Å². The fourth-order valence-corrected chi connectivity index (χ4v) is 6.04. The van der Waals surface area contributed by atoms with Gasteiger partial charge in [0.25, 0.3) is 0 Å². The van der Waals surface area contributed by atoms with Crippen molar-refractivity contribution in [1.82, 2.24) is 5.32 Å². The summed E-state index contributed by atoms with van der Waals surface area (Å²) in [6.07, 6.45) is 0. The van der Waals surface area contributed by atoms with Crippen LogP contribution in [0.5, 0.6) is 0 Å². The van der Waals surface area contributed by atoms with Gasteiger partial charge in [0.1, 0.15) is 0 Å². The number of aryl methyl sites for hydroxylation is 1. The summed E-state index contributed by atoms with van der Waals surface area (Å²) in [7, 11) is 0. The highest BCUT2D eigenvalue weighted by molar-refractivity contribution is 9.12. The third kappa shape index (κ3) is 3.02. The predicted molar refractivity (Wildman–Crippen MR) is 89.3 cm³/mol. The van der Waals surface area contributed by atoms with Crippen LogP contribution in [-0.2, 0) is 0 Å². The Labute approximate surface area is 137 Å². The molecule has 18 heavy (non-hydrogen) atoms. The highest BCUT2D eigenvalue weighted by atomic mass is 79.9. The number of rotatable bonds is 4. The Morgan fingerprint density at radius 3 is 2.61 bits per heavy atom. The van der Waals surface area contributed by atoms with Crippen LogP contribution >= 0.6 is 66.1 Å². The third-order valence-corrected chi connectivity index (χ3v) is 6.75. The minimum atomic E-state index is 0.151. The molecule has 0 saturated carbocycles. The number of nitrogens with one attached hydrogen (secondary N) is 1. The normalized spacial score (nSPS) is 12.9. The van der Waals surface area contributed by atoms with Crippen LogP contribution in [-0.4, -0.2) is 6.54 Å². The van der Waals surface area contributed by atoms with E-state index in [1.165, 1.54) is 10.4 Å². The van der Waals surface area contributed by atoms with E-state index in [0.717, 1.165) is 24.7 Å². The lowest BCUT2D eigenvalue weighted by atomic mass is 10.1. The monoisotopic (exact) mass is 427 g/mol. The molecule has 1 N–H and O–H groups in total. The van der Waals surface area contributed by atoms with Crippen LogP contribution in [0.25, 0.3) is 0 Å². The lowest BCUT2D eigenvalue weighted by Crippen LogP contribution is -2.21. The zero-order valence-corrected chi connectivity index (χ0v) is 15.5. The maximum absolute atomic E-state index is 6.40. The van der Waals surface area contributed by atoms with Gasteiger partial charge in [-0.05, 0) is 62.3 Å². The zero-order chi connectivity index (χ0) is 13.3. The van der Waals surface area contributed by atoms with E-state index in [1.807, 2.05) is 6.92 Å². The van der Waals surface area contributed by atoms with Crippen molar-refractivity contribution in [2.24, 2.45) is 0 Å². The molecule has 0 fully saturated rings. The molecule has 98 valence electrons. The van der Waals surface area contributed by atoms with Gasteiger partial charge in [-0.3, -0.25) is 0 Å². The Morgan fingerprint density at radius 1 is 1.44 bits per heavy atom. The molecule has 0 radical (unpaired) electrons. The first-order valence-electron chi connectivity index (χ1n) is 5.46. The van der Waals surface area contributed by atoms with E-state index in [4.69, 9.17) is 11.6 Å².